The summed E-state index contributed by atoms with van der Waals surface area (Å²) in [6, 6.07) is 10.2. The maximum absolute atomic E-state index is 9.00. The van der Waals surface area contributed by atoms with Crippen LogP contribution >= 0.6 is 12.2 Å². The molecule has 0 unspecified atom stereocenters. The van der Waals surface area contributed by atoms with Gasteiger partial charge in [-0.25, -0.2) is 0 Å². The standard InChI is InChI=1S/C12H18N4S.4C2H4O2.Eu/c13-6-7-14-8-9-16(15-11-17)10-12-4-2-1-3-5-12;4*1-2(3)4;/h1-5,14H,6-10,13H2;4*1H3,(H,3,4);/q;;;;;+3/p-3. The van der Waals surface area contributed by atoms with Gasteiger partial charge in [-0.2, -0.15) is 0 Å². The number of hydrazone groups is 1. The van der Waals surface area contributed by atoms with Crippen LogP contribution in [0.3, 0.4) is 0 Å². The van der Waals surface area contributed by atoms with Crippen LogP contribution in [0, 0.1) is 49.4 Å². The zero-order valence-corrected chi connectivity index (χ0v) is 22.7. The summed E-state index contributed by atoms with van der Waals surface area (Å²) < 4.78 is 0. The van der Waals surface area contributed by atoms with Gasteiger partial charge in [-0.1, -0.05) is 30.3 Å². The number of isothiocyanates is 1. The summed E-state index contributed by atoms with van der Waals surface area (Å²) in [7, 11) is 0. The Bertz CT molecular complexity index is 641. The molecule has 4 N–H and O–H groups in total. The fourth-order valence-electron chi connectivity index (χ4n) is 1.45. The van der Waals surface area contributed by atoms with E-state index in [1.54, 1.807) is 0 Å². The van der Waals surface area contributed by atoms with E-state index in [0.717, 1.165) is 53.9 Å². The van der Waals surface area contributed by atoms with Gasteiger partial charge in [0.05, 0.1) is 11.7 Å². The van der Waals surface area contributed by atoms with Gasteiger partial charge < -0.3 is 45.9 Å². The fourth-order valence-corrected chi connectivity index (χ4v) is 1.57. The molecule has 0 aliphatic heterocycles. The SMILES string of the molecule is CC(=O)O.CC(=O)[O-].CC(=O)[O-].CC(=O)[O-].NCCNCCN(Cc1ccccc1)N=C=S.[Eu+3]. The molecule has 1 rings (SSSR count). The zero-order valence-electron chi connectivity index (χ0n) is 19.5. The topological polar surface area (TPSA) is 211 Å². The van der Waals surface area contributed by atoms with Crippen LogP contribution in [0.1, 0.15) is 33.3 Å². The van der Waals surface area contributed by atoms with Crippen LogP contribution in [0.2, 0.25) is 0 Å². The van der Waals surface area contributed by atoms with E-state index in [1.807, 2.05) is 23.2 Å². The number of hydrogen-bond acceptors (Lipinski definition) is 12. The van der Waals surface area contributed by atoms with Gasteiger partial charge in [0.1, 0.15) is 0 Å². The number of carbonyl (C=O) groups excluding carboxylic acids is 3. The Balaban J connectivity index is -0.000000135. The number of nitrogens with two attached hydrogens (primary N) is 1. The van der Waals surface area contributed by atoms with Crippen molar-refractivity contribution in [3.05, 3.63) is 35.9 Å². The Morgan fingerprint density at radius 3 is 1.71 bits per heavy atom. The van der Waals surface area contributed by atoms with E-state index >= 15 is 0 Å². The second-order valence-corrected chi connectivity index (χ2v) is 5.78. The van der Waals surface area contributed by atoms with Crippen LogP contribution in [-0.4, -0.2) is 65.3 Å². The second kappa shape index (κ2) is 33.4. The molecule has 34 heavy (non-hydrogen) atoms. The van der Waals surface area contributed by atoms with E-state index in [0.29, 0.717) is 6.54 Å². The van der Waals surface area contributed by atoms with Crippen molar-refractivity contribution in [3.63, 3.8) is 0 Å². The quantitative estimate of drug-likeness (QED) is 0.116. The minimum atomic E-state index is -1.08. The molecule has 0 aliphatic rings. The van der Waals surface area contributed by atoms with Crippen molar-refractivity contribution < 1.29 is 89.0 Å². The number of benzene rings is 1. The van der Waals surface area contributed by atoms with Crippen molar-refractivity contribution in [3.8, 4) is 0 Å². The largest absolute Gasteiger partial charge is 3.00 e. The van der Waals surface area contributed by atoms with Crippen molar-refractivity contribution in [1.82, 2.24) is 10.3 Å². The first-order valence-corrected chi connectivity index (χ1v) is 9.70. The molecule has 0 amide bonds. The van der Waals surface area contributed by atoms with Crippen LogP contribution in [-0.2, 0) is 25.7 Å². The molecule has 0 fully saturated rings. The van der Waals surface area contributed by atoms with Gasteiger partial charge >= 0.3 is 49.4 Å². The van der Waals surface area contributed by atoms with E-state index < -0.39 is 23.9 Å². The number of aliphatic carboxylic acids is 4. The Morgan fingerprint density at radius 1 is 1.00 bits per heavy atom. The number of carboxylic acids is 4. The molecule has 0 saturated heterocycles. The number of thiocarbonyl (C=S) groups is 1. The van der Waals surface area contributed by atoms with Gasteiger partial charge in [0, 0.05) is 51.0 Å². The molecule has 1 aromatic carbocycles. The first-order chi connectivity index (χ1) is 15.3. The zero-order chi connectivity index (χ0) is 26.7. The molecule has 0 heterocycles. The molecule has 0 bridgehead atoms. The summed E-state index contributed by atoms with van der Waals surface area (Å²) in [4.78, 5) is 35.7. The molecular formula is C20H31EuN4O8S. The van der Waals surface area contributed by atoms with Crippen LogP contribution in [0.25, 0.3) is 0 Å². The summed E-state index contributed by atoms with van der Waals surface area (Å²) in [6.45, 7) is 7.84. The first-order valence-electron chi connectivity index (χ1n) is 9.29. The first kappa shape index (κ1) is 42.4. The molecule has 1 aromatic rings. The van der Waals surface area contributed by atoms with Gasteiger partial charge in [-0.3, -0.25) is 9.80 Å². The van der Waals surface area contributed by atoms with Gasteiger partial charge in [-0.15, -0.1) is 5.10 Å². The summed E-state index contributed by atoms with van der Waals surface area (Å²) in [6.07, 6.45) is 0. The maximum atomic E-state index is 9.00. The Kier molecular flexibility index (Phi) is 41.6. The van der Waals surface area contributed by atoms with Crippen molar-refractivity contribution >= 4 is 41.3 Å². The number of carbonyl (C=O) groups is 4. The Morgan fingerprint density at radius 2 is 1.38 bits per heavy atom. The van der Waals surface area contributed by atoms with Crippen LogP contribution < -0.4 is 26.4 Å². The van der Waals surface area contributed by atoms with Gasteiger partial charge in [0.25, 0.3) is 5.97 Å². The molecule has 0 saturated carbocycles. The number of nitrogens with zero attached hydrogens (tertiary/aromatic N) is 2. The van der Waals surface area contributed by atoms with Crippen LogP contribution in [0.4, 0.5) is 0 Å². The Labute approximate surface area is 245 Å². The van der Waals surface area contributed by atoms with E-state index in [2.05, 4.69) is 39.9 Å². The number of nitrogens with one attached hydrogen (secondary N) is 1. The van der Waals surface area contributed by atoms with Gasteiger partial charge in [0.2, 0.25) is 0 Å². The van der Waals surface area contributed by atoms with E-state index in [9.17, 15) is 0 Å². The number of hydrogen-bond donors (Lipinski definition) is 3. The molecule has 192 valence electrons. The molecule has 14 heteroatoms. The van der Waals surface area contributed by atoms with E-state index in [4.69, 9.17) is 45.3 Å². The third-order valence-corrected chi connectivity index (χ3v) is 2.34. The van der Waals surface area contributed by atoms with Crippen molar-refractivity contribution in [1.29, 1.82) is 0 Å². The molecular weight excluding hydrogens is 608 g/mol. The fraction of sp³-hybridized carbons (Fsp3) is 0.450. The minimum absolute atomic E-state index is 0. The third kappa shape index (κ3) is 69.8. The second-order valence-electron chi connectivity index (χ2n) is 5.60. The van der Waals surface area contributed by atoms with Crippen molar-refractivity contribution in [2.75, 3.05) is 26.2 Å². The van der Waals surface area contributed by atoms with Gasteiger partial charge in [-0.05, 0) is 38.6 Å². The monoisotopic (exact) mass is 640 g/mol. The smallest absolute Gasteiger partial charge is 0.550 e. The van der Waals surface area contributed by atoms with Crippen LogP contribution in [0.5, 0.6) is 0 Å². The summed E-state index contributed by atoms with van der Waals surface area (Å²) >= 11 is 4.65. The average molecular weight is 640 g/mol. The molecule has 0 atom stereocenters. The summed E-state index contributed by atoms with van der Waals surface area (Å²) in [5.41, 5.74) is 6.61. The molecule has 12 nitrogen and oxygen atoms in total. The predicted molar refractivity (Wildman–Crippen MR) is 119 cm³/mol. The summed E-state index contributed by atoms with van der Waals surface area (Å²) in [5.74, 6) is -4.08. The number of carboxylic acid groups (broad SMARTS) is 4. The third-order valence-electron chi connectivity index (χ3n) is 2.26. The molecule has 0 radical (unpaired) electrons. The van der Waals surface area contributed by atoms with Crippen molar-refractivity contribution in [2.24, 2.45) is 10.8 Å². The average Bonchev–Trinajstić information content (AvgIpc) is 2.64. The maximum Gasteiger partial charge on any atom is 3.00 e. The van der Waals surface area contributed by atoms with Crippen molar-refractivity contribution in [2.45, 2.75) is 34.2 Å². The summed E-state index contributed by atoms with van der Waals surface area (Å²) in [5, 5.41) is 45.7. The Hall–Kier alpha value is -1.80. The normalized spacial score (nSPS) is 7.79. The molecule has 0 aliphatic carbocycles. The number of rotatable bonds is 8. The molecule has 0 spiro atoms. The molecule has 0 aromatic heterocycles. The van der Waals surface area contributed by atoms with Crippen LogP contribution in [0.15, 0.2) is 35.4 Å². The van der Waals surface area contributed by atoms with E-state index in [1.165, 1.54) is 5.56 Å². The predicted octanol–water partition coefficient (Wildman–Crippen LogP) is -2.59. The van der Waals surface area contributed by atoms with E-state index in [-0.39, 0.29) is 49.4 Å². The minimum Gasteiger partial charge on any atom is -0.550 e. The van der Waals surface area contributed by atoms with Gasteiger partial charge in [0.15, 0.2) is 0 Å².